The predicted octanol–water partition coefficient (Wildman–Crippen LogP) is 5.70. The van der Waals surface area contributed by atoms with Crippen molar-refractivity contribution in [3.8, 4) is 0 Å². The summed E-state index contributed by atoms with van der Waals surface area (Å²) in [6, 6.07) is 22.3. The number of amides is 1. The number of aryl methyl sites for hydroxylation is 2. The molecule has 3 aromatic carbocycles. The zero-order chi connectivity index (χ0) is 23.4. The van der Waals surface area contributed by atoms with Crippen molar-refractivity contribution in [3.63, 3.8) is 0 Å². The van der Waals surface area contributed by atoms with Crippen LogP contribution in [0.4, 0.5) is 5.13 Å². The molecule has 5 nitrogen and oxygen atoms in total. The molecule has 0 aliphatic carbocycles. The molecule has 170 valence electrons. The summed E-state index contributed by atoms with van der Waals surface area (Å²) < 4.78 is 26.2. The summed E-state index contributed by atoms with van der Waals surface area (Å²) in [5.41, 5.74) is 4.13. The number of carbonyl (C=O) groups excluding carboxylic acids is 1. The fraction of sp³-hybridized carbons (Fsp3) is 0.231. The van der Waals surface area contributed by atoms with Crippen molar-refractivity contribution >= 4 is 42.4 Å². The van der Waals surface area contributed by atoms with Gasteiger partial charge in [-0.05, 0) is 55.2 Å². The lowest BCUT2D eigenvalue weighted by atomic mass is 10.1. The Kier molecular flexibility index (Phi) is 6.91. The first-order chi connectivity index (χ1) is 15.8. The molecule has 0 atom stereocenters. The summed E-state index contributed by atoms with van der Waals surface area (Å²) in [7, 11) is -3.42. The number of carbonyl (C=O) groups is 1. The van der Waals surface area contributed by atoms with Crippen molar-refractivity contribution in [3.05, 3.63) is 89.5 Å². The van der Waals surface area contributed by atoms with Crippen LogP contribution in [-0.2, 0) is 21.2 Å². The molecule has 0 fully saturated rings. The van der Waals surface area contributed by atoms with E-state index in [2.05, 4.69) is 12.1 Å². The predicted molar refractivity (Wildman–Crippen MR) is 134 cm³/mol. The molecule has 4 aromatic rings. The Balaban J connectivity index is 1.56. The van der Waals surface area contributed by atoms with E-state index in [-0.39, 0.29) is 29.4 Å². The van der Waals surface area contributed by atoms with Gasteiger partial charge in [0.25, 0.3) is 0 Å². The van der Waals surface area contributed by atoms with Crippen molar-refractivity contribution in [1.29, 1.82) is 0 Å². The van der Waals surface area contributed by atoms with Gasteiger partial charge in [-0.2, -0.15) is 0 Å². The van der Waals surface area contributed by atoms with Gasteiger partial charge in [0.05, 0.1) is 27.4 Å². The van der Waals surface area contributed by atoms with E-state index >= 15 is 0 Å². The molecular formula is C26H26N2O3S2. The molecular weight excluding hydrogens is 452 g/mol. The van der Waals surface area contributed by atoms with Crippen LogP contribution < -0.4 is 4.90 Å². The lowest BCUT2D eigenvalue weighted by Gasteiger charge is -2.20. The number of hydrogen-bond donors (Lipinski definition) is 0. The van der Waals surface area contributed by atoms with Crippen LogP contribution in [0.1, 0.15) is 29.5 Å². The largest absolute Gasteiger partial charge is 0.284 e. The van der Waals surface area contributed by atoms with Crippen molar-refractivity contribution in [2.24, 2.45) is 0 Å². The molecule has 0 saturated heterocycles. The number of fused-ring (bicyclic) bond motifs is 1. The van der Waals surface area contributed by atoms with Gasteiger partial charge in [0.1, 0.15) is 0 Å². The Morgan fingerprint density at radius 1 is 0.970 bits per heavy atom. The van der Waals surface area contributed by atoms with E-state index in [9.17, 15) is 13.2 Å². The normalized spacial score (nSPS) is 11.6. The van der Waals surface area contributed by atoms with E-state index in [0.717, 1.165) is 26.9 Å². The maximum Gasteiger partial charge on any atom is 0.229 e. The highest BCUT2D eigenvalue weighted by molar-refractivity contribution is 7.91. The first-order valence-corrected chi connectivity index (χ1v) is 13.3. The molecule has 0 spiro atoms. The first-order valence-electron chi connectivity index (χ1n) is 10.8. The van der Waals surface area contributed by atoms with E-state index < -0.39 is 9.84 Å². The molecule has 0 unspecified atom stereocenters. The lowest BCUT2D eigenvalue weighted by molar-refractivity contribution is -0.118. The van der Waals surface area contributed by atoms with Crippen LogP contribution in [0.2, 0.25) is 0 Å². The van der Waals surface area contributed by atoms with Gasteiger partial charge in [0, 0.05) is 6.42 Å². The van der Waals surface area contributed by atoms with Crippen LogP contribution in [0.5, 0.6) is 0 Å². The monoisotopic (exact) mass is 478 g/mol. The number of thiazole rings is 1. The molecule has 7 heteroatoms. The Hall–Kier alpha value is -3.03. The minimum absolute atomic E-state index is 0.0694. The van der Waals surface area contributed by atoms with E-state index in [1.807, 2.05) is 44.2 Å². The number of nitrogens with zero attached hydrogens (tertiary/aromatic N) is 2. The highest BCUT2D eigenvalue weighted by Gasteiger charge is 2.22. The van der Waals surface area contributed by atoms with Crippen LogP contribution in [0, 0.1) is 13.8 Å². The van der Waals surface area contributed by atoms with Gasteiger partial charge in [-0.1, -0.05) is 65.9 Å². The Morgan fingerprint density at radius 2 is 1.64 bits per heavy atom. The number of rotatable bonds is 8. The quantitative estimate of drug-likeness (QED) is 0.326. The van der Waals surface area contributed by atoms with Crippen LogP contribution in [0.25, 0.3) is 10.2 Å². The first kappa shape index (κ1) is 23.1. The third-order valence-corrected chi connectivity index (χ3v) is 8.28. The SMILES string of the molecule is Cc1cc(C)c2nc(N(Cc3ccccc3)C(=O)CCCS(=O)(=O)c3ccccc3)sc2c1. The third-order valence-electron chi connectivity index (χ3n) is 5.44. The summed E-state index contributed by atoms with van der Waals surface area (Å²) in [4.78, 5) is 20.0. The van der Waals surface area contributed by atoms with E-state index in [0.29, 0.717) is 11.7 Å². The van der Waals surface area contributed by atoms with Gasteiger partial charge in [0.15, 0.2) is 15.0 Å². The van der Waals surface area contributed by atoms with Crippen LogP contribution in [0.3, 0.4) is 0 Å². The molecule has 0 bridgehead atoms. The number of anilines is 1. The lowest BCUT2D eigenvalue weighted by Crippen LogP contribution is -2.30. The molecule has 0 saturated carbocycles. The average Bonchev–Trinajstić information content (AvgIpc) is 3.22. The molecule has 0 radical (unpaired) electrons. The summed E-state index contributed by atoms with van der Waals surface area (Å²) >= 11 is 1.49. The number of sulfone groups is 1. The third kappa shape index (κ3) is 5.49. The fourth-order valence-electron chi connectivity index (χ4n) is 3.80. The molecule has 1 aromatic heterocycles. The molecule has 1 amide bonds. The zero-order valence-corrected chi connectivity index (χ0v) is 20.3. The molecule has 4 rings (SSSR count). The van der Waals surface area contributed by atoms with Crippen LogP contribution in [0.15, 0.2) is 77.7 Å². The van der Waals surface area contributed by atoms with Crippen LogP contribution >= 0.6 is 11.3 Å². The number of hydrogen-bond acceptors (Lipinski definition) is 5. The molecule has 33 heavy (non-hydrogen) atoms. The van der Waals surface area contributed by atoms with Gasteiger partial charge < -0.3 is 0 Å². The van der Waals surface area contributed by atoms with Crippen LogP contribution in [-0.4, -0.2) is 25.1 Å². The summed E-state index contributed by atoms with van der Waals surface area (Å²) in [6.07, 6.45) is 0.386. The molecule has 0 aliphatic rings. The van der Waals surface area contributed by atoms with Crippen molar-refractivity contribution < 1.29 is 13.2 Å². The Bertz CT molecular complexity index is 1360. The molecule has 0 N–H and O–H groups in total. The van der Waals surface area contributed by atoms with Gasteiger partial charge in [0.2, 0.25) is 5.91 Å². The fourth-order valence-corrected chi connectivity index (χ4v) is 6.29. The average molecular weight is 479 g/mol. The highest BCUT2D eigenvalue weighted by Crippen LogP contribution is 2.33. The summed E-state index contributed by atoms with van der Waals surface area (Å²) in [5, 5.41) is 0.637. The Morgan fingerprint density at radius 3 is 2.33 bits per heavy atom. The van der Waals surface area contributed by atoms with E-state index in [4.69, 9.17) is 4.98 Å². The minimum atomic E-state index is -3.42. The topological polar surface area (TPSA) is 67.3 Å². The number of aromatic nitrogens is 1. The van der Waals surface area contributed by atoms with Gasteiger partial charge >= 0.3 is 0 Å². The van der Waals surface area contributed by atoms with Crippen molar-refractivity contribution in [2.75, 3.05) is 10.7 Å². The number of benzene rings is 3. The van der Waals surface area contributed by atoms with E-state index in [1.54, 1.807) is 35.2 Å². The maximum absolute atomic E-state index is 13.3. The van der Waals surface area contributed by atoms with Crippen molar-refractivity contribution in [1.82, 2.24) is 4.98 Å². The molecule has 0 aliphatic heterocycles. The second-order valence-electron chi connectivity index (χ2n) is 8.13. The maximum atomic E-state index is 13.3. The molecule has 1 heterocycles. The standard InChI is InChI=1S/C26H26N2O3S2/c1-19-16-20(2)25-23(17-19)32-26(27-25)28(18-21-10-5-3-6-11-21)24(29)14-9-15-33(30,31)22-12-7-4-8-13-22/h3-8,10-13,16-17H,9,14-15,18H2,1-2H3. The smallest absolute Gasteiger partial charge is 0.229 e. The summed E-state index contributed by atoms with van der Waals surface area (Å²) in [5.74, 6) is -0.198. The minimum Gasteiger partial charge on any atom is -0.284 e. The van der Waals surface area contributed by atoms with Gasteiger partial charge in [-0.3, -0.25) is 9.69 Å². The highest BCUT2D eigenvalue weighted by atomic mass is 32.2. The second kappa shape index (κ2) is 9.85. The Labute approximate surface area is 198 Å². The van der Waals surface area contributed by atoms with E-state index in [1.165, 1.54) is 11.3 Å². The van der Waals surface area contributed by atoms with Crippen molar-refractivity contribution in [2.45, 2.75) is 38.1 Å². The summed E-state index contributed by atoms with van der Waals surface area (Å²) in [6.45, 7) is 4.46. The van der Waals surface area contributed by atoms with Gasteiger partial charge in [-0.15, -0.1) is 0 Å². The van der Waals surface area contributed by atoms with Gasteiger partial charge in [-0.25, -0.2) is 13.4 Å². The zero-order valence-electron chi connectivity index (χ0n) is 18.7. The second-order valence-corrected chi connectivity index (χ2v) is 11.2.